The molecule has 0 bridgehead atoms. The Morgan fingerprint density at radius 3 is 2.93 bits per heavy atom. The molecule has 2 rings (SSSR count). The fourth-order valence-corrected chi connectivity index (χ4v) is 3.26. The van der Waals surface area contributed by atoms with E-state index in [9.17, 15) is 9.59 Å². The minimum atomic E-state index is -0.720. The van der Waals surface area contributed by atoms with Crippen molar-refractivity contribution >= 4 is 11.8 Å². The first-order chi connectivity index (χ1) is 6.69. The second-order valence-electron chi connectivity index (χ2n) is 4.30. The highest BCUT2D eigenvalue weighted by Crippen LogP contribution is 2.66. The monoisotopic (exact) mass is 196 g/mol. The quantitative estimate of drug-likeness (QED) is 0.497. The number of hydrogen-bond acceptors (Lipinski definition) is 3. The Kier molecular flexibility index (Phi) is 2.13. The second-order valence-corrected chi connectivity index (χ2v) is 4.30. The van der Waals surface area contributed by atoms with Crippen LogP contribution in [0.25, 0.3) is 0 Å². The zero-order valence-electron chi connectivity index (χ0n) is 8.71. The molecule has 0 spiro atoms. The fraction of sp³-hybridized carbons (Fsp3) is 0.818. The van der Waals surface area contributed by atoms with Crippen molar-refractivity contribution in [3.8, 4) is 0 Å². The molecule has 3 nitrogen and oxygen atoms in total. The smallest absolute Gasteiger partial charge is 0.319 e. The van der Waals surface area contributed by atoms with E-state index in [4.69, 9.17) is 4.74 Å². The number of ether oxygens (including phenoxy) is 1. The topological polar surface area (TPSA) is 43.4 Å². The normalized spacial score (nSPS) is 40.3. The molecular weight excluding hydrogens is 180 g/mol. The Labute approximate surface area is 83.8 Å². The lowest BCUT2D eigenvalue weighted by molar-refractivity contribution is -0.153. The van der Waals surface area contributed by atoms with Crippen molar-refractivity contribution in [2.75, 3.05) is 7.11 Å². The molecule has 0 aromatic heterocycles. The van der Waals surface area contributed by atoms with Crippen molar-refractivity contribution in [1.82, 2.24) is 0 Å². The van der Waals surface area contributed by atoms with E-state index in [1.54, 1.807) is 0 Å². The molecule has 78 valence electrons. The summed E-state index contributed by atoms with van der Waals surface area (Å²) in [5.74, 6) is 0.359. The minimum Gasteiger partial charge on any atom is -0.468 e. The van der Waals surface area contributed by atoms with Crippen LogP contribution in [-0.2, 0) is 14.3 Å². The van der Waals surface area contributed by atoms with Crippen LogP contribution in [-0.4, -0.2) is 18.9 Å². The highest BCUT2D eigenvalue weighted by molar-refractivity contribution is 6.08. The molecule has 2 saturated carbocycles. The van der Waals surface area contributed by atoms with Gasteiger partial charge in [-0.1, -0.05) is 13.3 Å². The molecule has 0 aromatic carbocycles. The van der Waals surface area contributed by atoms with Gasteiger partial charge in [0.1, 0.15) is 5.41 Å². The molecule has 0 amide bonds. The van der Waals surface area contributed by atoms with Gasteiger partial charge in [0.05, 0.1) is 7.11 Å². The molecule has 0 aliphatic heterocycles. The van der Waals surface area contributed by atoms with Gasteiger partial charge < -0.3 is 4.74 Å². The van der Waals surface area contributed by atoms with Crippen LogP contribution in [0.4, 0.5) is 0 Å². The standard InChI is InChI=1S/C11H16O3/c1-3-7-8-5-4-6-9(12)11(7,8)10(13)14-2/h7-8H,3-6H2,1-2H3/t7-,8+,11+/m0/s1. The molecule has 14 heavy (non-hydrogen) atoms. The summed E-state index contributed by atoms with van der Waals surface area (Å²) < 4.78 is 4.78. The van der Waals surface area contributed by atoms with Crippen molar-refractivity contribution in [2.24, 2.45) is 17.3 Å². The van der Waals surface area contributed by atoms with Crippen molar-refractivity contribution < 1.29 is 14.3 Å². The van der Waals surface area contributed by atoms with Crippen LogP contribution >= 0.6 is 0 Å². The minimum absolute atomic E-state index is 0.118. The Morgan fingerprint density at radius 1 is 1.64 bits per heavy atom. The molecule has 2 aliphatic carbocycles. The number of esters is 1. The summed E-state index contributed by atoms with van der Waals surface area (Å²) in [7, 11) is 1.38. The molecule has 0 saturated heterocycles. The second kappa shape index (κ2) is 3.07. The number of carbonyl (C=O) groups excluding carboxylic acids is 2. The average molecular weight is 196 g/mol. The van der Waals surface area contributed by atoms with E-state index in [0.717, 1.165) is 19.3 Å². The van der Waals surface area contributed by atoms with E-state index < -0.39 is 5.41 Å². The zero-order valence-corrected chi connectivity index (χ0v) is 8.71. The van der Waals surface area contributed by atoms with Gasteiger partial charge in [0.15, 0.2) is 5.78 Å². The van der Waals surface area contributed by atoms with E-state index in [1.165, 1.54) is 7.11 Å². The molecule has 0 radical (unpaired) electrons. The lowest BCUT2D eigenvalue weighted by atomic mass is 9.86. The lowest BCUT2D eigenvalue weighted by Gasteiger charge is -2.18. The number of hydrogen-bond donors (Lipinski definition) is 0. The summed E-state index contributed by atoms with van der Waals surface area (Å²) >= 11 is 0. The number of rotatable bonds is 2. The Hall–Kier alpha value is -0.860. The van der Waals surface area contributed by atoms with Crippen LogP contribution in [0, 0.1) is 17.3 Å². The molecule has 0 aromatic rings. The van der Waals surface area contributed by atoms with Crippen LogP contribution in [0.3, 0.4) is 0 Å². The van der Waals surface area contributed by atoms with Crippen LogP contribution < -0.4 is 0 Å². The van der Waals surface area contributed by atoms with Gasteiger partial charge in [0.2, 0.25) is 0 Å². The highest BCUT2D eigenvalue weighted by atomic mass is 16.5. The summed E-state index contributed by atoms with van der Waals surface area (Å²) in [6.45, 7) is 2.04. The van der Waals surface area contributed by atoms with E-state index in [2.05, 4.69) is 0 Å². The summed E-state index contributed by atoms with van der Waals surface area (Å²) in [6, 6.07) is 0. The van der Waals surface area contributed by atoms with Crippen LogP contribution in [0.2, 0.25) is 0 Å². The van der Waals surface area contributed by atoms with Gasteiger partial charge in [-0.2, -0.15) is 0 Å². The Morgan fingerprint density at radius 2 is 2.36 bits per heavy atom. The molecule has 2 aliphatic rings. The van der Waals surface area contributed by atoms with Gasteiger partial charge in [-0.25, -0.2) is 0 Å². The van der Waals surface area contributed by atoms with Crippen LogP contribution in [0.1, 0.15) is 32.6 Å². The third kappa shape index (κ3) is 0.928. The summed E-state index contributed by atoms with van der Waals surface area (Å²) in [6.07, 6.45) is 3.42. The maximum Gasteiger partial charge on any atom is 0.319 e. The average Bonchev–Trinajstić information content (AvgIpc) is 2.87. The number of carbonyl (C=O) groups is 2. The van der Waals surface area contributed by atoms with Gasteiger partial charge >= 0.3 is 5.97 Å². The molecular formula is C11H16O3. The Bertz CT molecular complexity index is 268. The predicted molar refractivity (Wildman–Crippen MR) is 50.6 cm³/mol. The first-order valence-corrected chi connectivity index (χ1v) is 5.31. The molecule has 0 unspecified atom stereocenters. The number of ketones is 1. The first kappa shape index (κ1) is 9.69. The number of methoxy groups -OCH3 is 1. The predicted octanol–water partition coefficient (Wildman–Crippen LogP) is 1.55. The molecule has 0 heterocycles. The summed E-state index contributed by atoms with van der Waals surface area (Å²) in [5, 5.41) is 0. The number of fused-ring (bicyclic) bond motifs is 1. The first-order valence-electron chi connectivity index (χ1n) is 5.31. The van der Waals surface area contributed by atoms with Crippen LogP contribution in [0.15, 0.2) is 0 Å². The van der Waals surface area contributed by atoms with E-state index in [0.29, 0.717) is 6.42 Å². The third-order valence-corrected chi connectivity index (χ3v) is 3.89. The van der Waals surface area contributed by atoms with Gasteiger partial charge in [0.25, 0.3) is 0 Å². The van der Waals surface area contributed by atoms with Gasteiger partial charge in [-0.3, -0.25) is 9.59 Å². The van der Waals surface area contributed by atoms with Crippen molar-refractivity contribution in [1.29, 1.82) is 0 Å². The van der Waals surface area contributed by atoms with Crippen molar-refractivity contribution in [3.63, 3.8) is 0 Å². The lowest BCUT2D eigenvalue weighted by Crippen LogP contribution is -2.32. The van der Waals surface area contributed by atoms with E-state index in [-0.39, 0.29) is 23.6 Å². The van der Waals surface area contributed by atoms with Crippen LogP contribution in [0.5, 0.6) is 0 Å². The largest absolute Gasteiger partial charge is 0.468 e. The molecule has 3 atom stereocenters. The SMILES string of the molecule is CC[C@H]1[C@H]2CCCC(=O)[C@]21C(=O)OC. The summed E-state index contributed by atoms with van der Waals surface area (Å²) in [4.78, 5) is 23.5. The maximum absolute atomic E-state index is 11.8. The van der Waals surface area contributed by atoms with E-state index in [1.807, 2.05) is 6.92 Å². The van der Waals surface area contributed by atoms with Gasteiger partial charge in [-0.05, 0) is 24.7 Å². The zero-order chi connectivity index (χ0) is 10.3. The van der Waals surface area contributed by atoms with E-state index >= 15 is 0 Å². The summed E-state index contributed by atoms with van der Waals surface area (Å²) in [5.41, 5.74) is -0.720. The van der Waals surface area contributed by atoms with Crippen molar-refractivity contribution in [3.05, 3.63) is 0 Å². The number of Topliss-reactive ketones (excluding diaryl/α,β-unsaturated/α-hetero) is 1. The fourth-order valence-electron chi connectivity index (χ4n) is 3.26. The molecule has 2 fully saturated rings. The Balaban J connectivity index is 2.29. The maximum atomic E-state index is 11.8. The van der Waals surface area contributed by atoms with Gasteiger partial charge in [-0.15, -0.1) is 0 Å². The van der Waals surface area contributed by atoms with Gasteiger partial charge in [0, 0.05) is 6.42 Å². The third-order valence-electron chi connectivity index (χ3n) is 3.89. The highest BCUT2D eigenvalue weighted by Gasteiger charge is 2.73. The molecule has 3 heteroatoms. The molecule has 0 N–H and O–H groups in total. The van der Waals surface area contributed by atoms with Crippen molar-refractivity contribution in [2.45, 2.75) is 32.6 Å².